The smallest absolute Gasteiger partial charge is 0.257 e. The van der Waals surface area contributed by atoms with Gasteiger partial charge in [0.15, 0.2) is 6.61 Å². The minimum atomic E-state index is -0.369. The lowest BCUT2D eigenvalue weighted by Gasteiger charge is -2.21. The quantitative estimate of drug-likeness (QED) is 0.749. The molecule has 2 N–H and O–H groups in total. The van der Waals surface area contributed by atoms with Crippen LogP contribution in [0, 0.1) is 0 Å². The van der Waals surface area contributed by atoms with Crippen molar-refractivity contribution in [1.82, 2.24) is 5.32 Å². The van der Waals surface area contributed by atoms with Gasteiger partial charge in [-0.15, -0.1) is 0 Å². The lowest BCUT2D eigenvalue weighted by atomic mass is 9.89. The largest absolute Gasteiger partial charge is 0.484 e. The molecule has 0 heterocycles. The predicted octanol–water partition coefficient (Wildman–Crippen LogP) is 1.59. The van der Waals surface area contributed by atoms with Gasteiger partial charge in [-0.1, -0.05) is 6.07 Å². The Bertz CT molecular complexity index is 475. The van der Waals surface area contributed by atoms with Crippen molar-refractivity contribution in [2.75, 3.05) is 26.9 Å². The monoisotopic (exact) mass is 293 g/mol. The van der Waals surface area contributed by atoms with Crippen LogP contribution in [0.1, 0.15) is 36.5 Å². The van der Waals surface area contributed by atoms with Crippen molar-refractivity contribution in [1.29, 1.82) is 0 Å². The Balaban J connectivity index is 1.79. The molecule has 1 atom stereocenters. The summed E-state index contributed by atoms with van der Waals surface area (Å²) >= 11 is 0. The molecule has 0 aliphatic heterocycles. The normalized spacial score (nSPS) is 17.1. The van der Waals surface area contributed by atoms with Crippen molar-refractivity contribution in [3.63, 3.8) is 0 Å². The highest BCUT2D eigenvalue weighted by molar-refractivity contribution is 5.77. The zero-order valence-electron chi connectivity index (χ0n) is 12.4. The third-order valence-electron chi connectivity index (χ3n) is 3.61. The zero-order chi connectivity index (χ0) is 15.1. The van der Waals surface area contributed by atoms with Crippen molar-refractivity contribution in [3.05, 3.63) is 29.3 Å². The molecule has 5 heteroatoms. The van der Waals surface area contributed by atoms with E-state index in [9.17, 15) is 9.90 Å². The molecule has 1 aromatic rings. The van der Waals surface area contributed by atoms with Gasteiger partial charge in [0.05, 0.1) is 6.10 Å². The van der Waals surface area contributed by atoms with Gasteiger partial charge in [0.1, 0.15) is 5.75 Å². The molecular formula is C16H23NO4. The number of aliphatic hydroxyl groups is 1. The number of aryl methyl sites for hydroxylation is 1. The summed E-state index contributed by atoms with van der Waals surface area (Å²) in [7, 11) is 1.64. The maximum absolute atomic E-state index is 11.6. The molecule has 2 rings (SSSR count). The Morgan fingerprint density at radius 2 is 2.33 bits per heavy atom. The van der Waals surface area contributed by atoms with E-state index in [1.165, 1.54) is 0 Å². The van der Waals surface area contributed by atoms with Crippen LogP contribution in [-0.2, 0) is 16.0 Å². The molecule has 116 valence electrons. The van der Waals surface area contributed by atoms with Crippen LogP contribution in [0.5, 0.6) is 5.75 Å². The second-order valence-corrected chi connectivity index (χ2v) is 5.25. The molecule has 0 spiro atoms. The highest BCUT2D eigenvalue weighted by atomic mass is 16.5. The first-order valence-electron chi connectivity index (χ1n) is 7.40. The van der Waals surface area contributed by atoms with Crippen LogP contribution in [0.15, 0.2) is 18.2 Å². The maximum atomic E-state index is 11.6. The van der Waals surface area contributed by atoms with E-state index in [-0.39, 0.29) is 18.6 Å². The number of ether oxygens (including phenoxy) is 2. The topological polar surface area (TPSA) is 67.8 Å². The number of methoxy groups -OCH3 is 1. The van der Waals surface area contributed by atoms with E-state index in [0.717, 1.165) is 36.8 Å². The van der Waals surface area contributed by atoms with Gasteiger partial charge in [0.2, 0.25) is 0 Å². The van der Waals surface area contributed by atoms with Crippen LogP contribution in [0.25, 0.3) is 0 Å². The summed E-state index contributed by atoms with van der Waals surface area (Å²) < 4.78 is 10.4. The van der Waals surface area contributed by atoms with Gasteiger partial charge in [0, 0.05) is 20.3 Å². The Morgan fingerprint density at radius 3 is 3.14 bits per heavy atom. The van der Waals surface area contributed by atoms with E-state index in [2.05, 4.69) is 5.32 Å². The number of hydrogen-bond acceptors (Lipinski definition) is 4. The number of hydrogen-bond donors (Lipinski definition) is 2. The Morgan fingerprint density at radius 1 is 1.48 bits per heavy atom. The molecule has 0 saturated heterocycles. The van der Waals surface area contributed by atoms with Crippen molar-refractivity contribution in [2.45, 2.75) is 31.8 Å². The number of carbonyl (C=O) groups excluding carboxylic acids is 1. The second-order valence-electron chi connectivity index (χ2n) is 5.25. The Hall–Kier alpha value is -1.59. The summed E-state index contributed by atoms with van der Waals surface area (Å²) in [5.74, 6) is 0.541. The van der Waals surface area contributed by atoms with Gasteiger partial charge in [-0.3, -0.25) is 4.79 Å². The lowest BCUT2D eigenvalue weighted by molar-refractivity contribution is -0.123. The summed E-state index contributed by atoms with van der Waals surface area (Å²) in [4.78, 5) is 11.6. The number of nitrogens with one attached hydrogen (secondary N) is 1. The molecule has 0 fully saturated rings. The van der Waals surface area contributed by atoms with E-state index in [1.807, 2.05) is 18.2 Å². The fourth-order valence-electron chi connectivity index (χ4n) is 2.50. The summed E-state index contributed by atoms with van der Waals surface area (Å²) in [6.07, 6.45) is 3.17. The molecule has 0 bridgehead atoms. The molecule has 1 aromatic carbocycles. The first kappa shape index (κ1) is 15.8. The number of amides is 1. The minimum absolute atomic E-state index is 0.00826. The summed E-state index contributed by atoms with van der Waals surface area (Å²) in [5.41, 5.74) is 2.10. The van der Waals surface area contributed by atoms with Gasteiger partial charge >= 0.3 is 0 Å². The molecule has 5 nitrogen and oxygen atoms in total. The van der Waals surface area contributed by atoms with E-state index in [4.69, 9.17) is 9.47 Å². The number of fused-ring (bicyclic) bond motifs is 1. The predicted molar refractivity (Wildman–Crippen MR) is 79.3 cm³/mol. The molecule has 1 unspecified atom stereocenters. The van der Waals surface area contributed by atoms with Gasteiger partial charge in [0.25, 0.3) is 5.91 Å². The number of carbonyl (C=O) groups is 1. The molecule has 0 aromatic heterocycles. The van der Waals surface area contributed by atoms with Crippen LogP contribution in [0.3, 0.4) is 0 Å². The molecule has 21 heavy (non-hydrogen) atoms. The van der Waals surface area contributed by atoms with Crippen molar-refractivity contribution in [2.24, 2.45) is 0 Å². The summed E-state index contributed by atoms with van der Waals surface area (Å²) in [5, 5.41) is 12.7. The van der Waals surface area contributed by atoms with E-state index >= 15 is 0 Å². The van der Waals surface area contributed by atoms with Gasteiger partial charge in [-0.25, -0.2) is 0 Å². The average Bonchev–Trinajstić information content (AvgIpc) is 2.50. The first-order valence-corrected chi connectivity index (χ1v) is 7.40. The number of rotatable bonds is 7. The highest BCUT2D eigenvalue weighted by Crippen LogP contribution is 2.31. The third kappa shape index (κ3) is 4.72. The van der Waals surface area contributed by atoms with Crippen molar-refractivity contribution >= 4 is 5.91 Å². The molecule has 1 aliphatic carbocycles. The lowest BCUT2D eigenvalue weighted by Crippen LogP contribution is -2.30. The Labute approximate surface area is 125 Å². The highest BCUT2D eigenvalue weighted by Gasteiger charge is 2.18. The molecule has 1 aliphatic rings. The second kappa shape index (κ2) is 8.00. The summed E-state index contributed by atoms with van der Waals surface area (Å²) in [6.45, 7) is 1.23. The maximum Gasteiger partial charge on any atom is 0.257 e. The van der Waals surface area contributed by atoms with Gasteiger partial charge in [-0.2, -0.15) is 0 Å². The van der Waals surface area contributed by atoms with Crippen LogP contribution in [0.4, 0.5) is 0 Å². The SMILES string of the molecule is COCCCNC(=O)COc1ccc2c(c1)CCCC2O. The fourth-order valence-corrected chi connectivity index (χ4v) is 2.50. The van der Waals surface area contributed by atoms with E-state index in [1.54, 1.807) is 7.11 Å². The van der Waals surface area contributed by atoms with Crippen LogP contribution >= 0.6 is 0 Å². The minimum Gasteiger partial charge on any atom is -0.484 e. The number of aliphatic hydroxyl groups excluding tert-OH is 1. The van der Waals surface area contributed by atoms with Crippen LogP contribution in [-0.4, -0.2) is 37.9 Å². The van der Waals surface area contributed by atoms with Gasteiger partial charge in [-0.05, 0) is 48.9 Å². The third-order valence-corrected chi connectivity index (χ3v) is 3.61. The van der Waals surface area contributed by atoms with Crippen LogP contribution in [0.2, 0.25) is 0 Å². The van der Waals surface area contributed by atoms with Gasteiger partial charge < -0.3 is 19.9 Å². The first-order chi connectivity index (χ1) is 10.2. The molecule has 1 amide bonds. The van der Waals surface area contributed by atoms with Crippen molar-refractivity contribution < 1.29 is 19.4 Å². The Kier molecular flexibility index (Phi) is 6.02. The summed E-state index contributed by atoms with van der Waals surface area (Å²) in [6, 6.07) is 5.63. The van der Waals surface area contributed by atoms with Crippen LogP contribution < -0.4 is 10.1 Å². The standard InChI is InChI=1S/C16H23NO4/c1-20-9-3-8-17-16(19)11-21-13-6-7-14-12(10-13)4-2-5-15(14)18/h6-7,10,15,18H,2-5,8-9,11H2,1H3,(H,17,19). The molecule has 0 saturated carbocycles. The molecular weight excluding hydrogens is 270 g/mol. The van der Waals surface area contributed by atoms with E-state index < -0.39 is 0 Å². The fraction of sp³-hybridized carbons (Fsp3) is 0.562. The van der Waals surface area contributed by atoms with Crippen molar-refractivity contribution in [3.8, 4) is 5.75 Å². The zero-order valence-corrected chi connectivity index (χ0v) is 12.4. The van der Waals surface area contributed by atoms with E-state index in [0.29, 0.717) is 18.9 Å². The number of benzene rings is 1. The average molecular weight is 293 g/mol. The molecule has 0 radical (unpaired) electrons.